The van der Waals surface area contributed by atoms with Crippen molar-refractivity contribution >= 4 is 24.1 Å². The number of hydrogen-bond acceptors (Lipinski definition) is 3. The van der Waals surface area contributed by atoms with Crippen molar-refractivity contribution in [3.8, 4) is 0 Å². The number of halogens is 1. The van der Waals surface area contributed by atoms with Gasteiger partial charge in [0.05, 0.1) is 0 Å². The SMILES string of the molecule is C[C@H](Nc1ccncc1)C(=O)O.Cl. The van der Waals surface area contributed by atoms with Gasteiger partial charge in [0.25, 0.3) is 0 Å². The maximum absolute atomic E-state index is 10.4. The van der Waals surface area contributed by atoms with E-state index < -0.39 is 12.0 Å². The Kier molecular flexibility index (Phi) is 4.84. The summed E-state index contributed by atoms with van der Waals surface area (Å²) in [7, 11) is 0. The number of pyridine rings is 1. The molecular weight excluding hydrogens is 192 g/mol. The fourth-order valence-corrected chi connectivity index (χ4v) is 0.760. The van der Waals surface area contributed by atoms with Crippen LogP contribution in [0.3, 0.4) is 0 Å². The number of carboxylic acids is 1. The van der Waals surface area contributed by atoms with E-state index in [0.717, 1.165) is 5.69 Å². The summed E-state index contributed by atoms with van der Waals surface area (Å²) in [6, 6.07) is 2.87. The molecule has 0 aromatic carbocycles. The van der Waals surface area contributed by atoms with E-state index in [2.05, 4.69) is 10.3 Å². The highest BCUT2D eigenvalue weighted by atomic mass is 35.5. The number of anilines is 1. The van der Waals surface area contributed by atoms with Crippen LogP contribution >= 0.6 is 12.4 Å². The lowest BCUT2D eigenvalue weighted by molar-refractivity contribution is -0.137. The van der Waals surface area contributed by atoms with Crippen LogP contribution in [0, 0.1) is 0 Å². The average Bonchev–Trinajstić information content (AvgIpc) is 2.06. The molecule has 13 heavy (non-hydrogen) atoms. The number of carbonyl (C=O) groups is 1. The van der Waals surface area contributed by atoms with Gasteiger partial charge in [0, 0.05) is 18.1 Å². The minimum Gasteiger partial charge on any atom is -0.480 e. The molecular formula is C8H11ClN2O2. The second-order valence-electron chi connectivity index (χ2n) is 2.44. The summed E-state index contributed by atoms with van der Waals surface area (Å²) in [5.41, 5.74) is 0.764. The summed E-state index contributed by atoms with van der Waals surface area (Å²) in [5.74, 6) is -0.869. The van der Waals surface area contributed by atoms with Crippen LogP contribution in [-0.4, -0.2) is 22.1 Å². The summed E-state index contributed by atoms with van der Waals surface area (Å²) in [6.07, 6.45) is 3.22. The molecule has 0 aliphatic carbocycles. The van der Waals surface area contributed by atoms with E-state index in [4.69, 9.17) is 5.11 Å². The van der Waals surface area contributed by atoms with Gasteiger partial charge in [-0.2, -0.15) is 0 Å². The molecule has 1 aromatic rings. The van der Waals surface area contributed by atoms with E-state index in [1.54, 1.807) is 31.5 Å². The molecule has 1 heterocycles. The number of hydrogen-bond donors (Lipinski definition) is 2. The van der Waals surface area contributed by atoms with Crippen molar-refractivity contribution in [2.24, 2.45) is 0 Å². The Morgan fingerprint density at radius 1 is 1.54 bits per heavy atom. The summed E-state index contributed by atoms with van der Waals surface area (Å²) >= 11 is 0. The average molecular weight is 203 g/mol. The van der Waals surface area contributed by atoms with Gasteiger partial charge in [-0.15, -0.1) is 12.4 Å². The molecule has 0 amide bonds. The maximum Gasteiger partial charge on any atom is 0.325 e. The Hall–Kier alpha value is -1.29. The zero-order chi connectivity index (χ0) is 8.97. The van der Waals surface area contributed by atoms with Crippen molar-refractivity contribution in [3.63, 3.8) is 0 Å². The third-order valence-electron chi connectivity index (χ3n) is 1.43. The van der Waals surface area contributed by atoms with E-state index >= 15 is 0 Å². The van der Waals surface area contributed by atoms with Gasteiger partial charge in [0.2, 0.25) is 0 Å². The van der Waals surface area contributed by atoms with Crippen LogP contribution in [0.5, 0.6) is 0 Å². The number of rotatable bonds is 3. The molecule has 4 nitrogen and oxygen atoms in total. The zero-order valence-corrected chi connectivity index (χ0v) is 7.91. The molecule has 0 radical (unpaired) electrons. The quantitative estimate of drug-likeness (QED) is 0.778. The van der Waals surface area contributed by atoms with Gasteiger partial charge in [-0.25, -0.2) is 0 Å². The van der Waals surface area contributed by atoms with E-state index in [0.29, 0.717) is 0 Å². The molecule has 72 valence electrons. The minimum atomic E-state index is -0.869. The van der Waals surface area contributed by atoms with Crippen LogP contribution in [0.1, 0.15) is 6.92 Å². The molecule has 0 spiro atoms. The van der Waals surface area contributed by atoms with E-state index in [1.807, 2.05) is 0 Å². The van der Waals surface area contributed by atoms with Crippen LogP contribution in [0.25, 0.3) is 0 Å². The van der Waals surface area contributed by atoms with E-state index in [1.165, 1.54) is 0 Å². The van der Waals surface area contributed by atoms with Crippen LogP contribution in [0.4, 0.5) is 5.69 Å². The lowest BCUT2D eigenvalue weighted by Gasteiger charge is -2.09. The van der Waals surface area contributed by atoms with Gasteiger partial charge < -0.3 is 10.4 Å². The summed E-state index contributed by atoms with van der Waals surface area (Å²) < 4.78 is 0. The van der Waals surface area contributed by atoms with E-state index in [-0.39, 0.29) is 12.4 Å². The van der Waals surface area contributed by atoms with Gasteiger partial charge in [0.15, 0.2) is 0 Å². The topological polar surface area (TPSA) is 62.2 Å². The molecule has 0 saturated carbocycles. The summed E-state index contributed by atoms with van der Waals surface area (Å²) in [4.78, 5) is 14.2. The molecule has 1 aromatic heterocycles. The monoisotopic (exact) mass is 202 g/mol. The second kappa shape index (κ2) is 5.37. The van der Waals surface area contributed by atoms with Gasteiger partial charge in [-0.1, -0.05) is 0 Å². The van der Waals surface area contributed by atoms with Crippen LogP contribution in [0.15, 0.2) is 24.5 Å². The number of nitrogens with one attached hydrogen (secondary N) is 1. The number of aromatic nitrogens is 1. The minimum absolute atomic E-state index is 0. The molecule has 0 aliphatic heterocycles. The molecule has 0 saturated heterocycles. The third-order valence-corrected chi connectivity index (χ3v) is 1.43. The van der Waals surface area contributed by atoms with Crippen molar-refractivity contribution in [3.05, 3.63) is 24.5 Å². The first-order valence-electron chi connectivity index (χ1n) is 3.59. The molecule has 1 rings (SSSR count). The number of carboxylic acid groups (broad SMARTS) is 1. The summed E-state index contributed by atoms with van der Waals surface area (Å²) in [6.45, 7) is 1.59. The largest absolute Gasteiger partial charge is 0.480 e. The molecule has 0 fully saturated rings. The first-order chi connectivity index (χ1) is 5.70. The van der Waals surface area contributed by atoms with Gasteiger partial charge in [-0.05, 0) is 19.1 Å². The van der Waals surface area contributed by atoms with Gasteiger partial charge in [-0.3, -0.25) is 9.78 Å². The van der Waals surface area contributed by atoms with Crippen LogP contribution in [-0.2, 0) is 4.79 Å². The lowest BCUT2D eigenvalue weighted by atomic mass is 10.3. The molecule has 5 heteroatoms. The number of nitrogens with zero attached hydrogens (tertiary/aromatic N) is 1. The molecule has 1 atom stereocenters. The number of aliphatic carboxylic acids is 1. The smallest absolute Gasteiger partial charge is 0.325 e. The Bertz CT molecular complexity index is 266. The lowest BCUT2D eigenvalue weighted by Crippen LogP contribution is -2.25. The van der Waals surface area contributed by atoms with Crippen molar-refractivity contribution in [1.82, 2.24) is 4.98 Å². The Morgan fingerprint density at radius 3 is 2.54 bits per heavy atom. The molecule has 0 unspecified atom stereocenters. The fraction of sp³-hybridized carbons (Fsp3) is 0.250. The highest BCUT2D eigenvalue weighted by Gasteiger charge is 2.08. The predicted molar refractivity (Wildman–Crippen MR) is 52.2 cm³/mol. The Morgan fingerprint density at radius 2 is 2.08 bits per heavy atom. The van der Waals surface area contributed by atoms with Crippen molar-refractivity contribution < 1.29 is 9.90 Å². The highest BCUT2D eigenvalue weighted by molar-refractivity contribution is 5.85. The molecule has 0 bridgehead atoms. The van der Waals surface area contributed by atoms with E-state index in [9.17, 15) is 4.79 Å². The second-order valence-corrected chi connectivity index (χ2v) is 2.44. The standard InChI is InChI=1S/C8H10N2O2.ClH/c1-6(8(11)12)10-7-2-4-9-5-3-7;/h2-6H,1H3,(H,9,10)(H,11,12);1H/t6-;/m0./s1. The Balaban J connectivity index is 0.00000144. The molecule has 0 aliphatic rings. The third kappa shape index (κ3) is 3.75. The maximum atomic E-state index is 10.4. The summed E-state index contributed by atoms with van der Waals surface area (Å²) in [5, 5.41) is 11.4. The van der Waals surface area contributed by atoms with Crippen molar-refractivity contribution in [2.75, 3.05) is 5.32 Å². The molecule has 2 N–H and O–H groups in total. The van der Waals surface area contributed by atoms with Crippen molar-refractivity contribution in [2.45, 2.75) is 13.0 Å². The van der Waals surface area contributed by atoms with Crippen LogP contribution < -0.4 is 5.32 Å². The Labute approximate surface area is 82.4 Å². The first kappa shape index (κ1) is 11.7. The van der Waals surface area contributed by atoms with Gasteiger partial charge in [0.1, 0.15) is 6.04 Å². The zero-order valence-electron chi connectivity index (χ0n) is 7.10. The van der Waals surface area contributed by atoms with Crippen LogP contribution in [0.2, 0.25) is 0 Å². The predicted octanol–water partition coefficient (Wildman–Crippen LogP) is 1.39. The highest BCUT2D eigenvalue weighted by Crippen LogP contribution is 2.04. The normalized spacial score (nSPS) is 11.2. The van der Waals surface area contributed by atoms with Gasteiger partial charge >= 0.3 is 5.97 Å². The fourth-order valence-electron chi connectivity index (χ4n) is 0.760. The first-order valence-corrected chi connectivity index (χ1v) is 3.59. The van der Waals surface area contributed by atoms with Crippen molar-refractivity contribution in [1.29, 1.82) is 0 Å².